The molecule has 2 rings (SSSR count). The lowest BCUT2D eigenvalue weighted by molar-refractivity contribution is -0.141. The van der Waals surface area contributed by atoms with E-state index >= 15 is 0 Å². The fourth-order valence-corrected chi connectivity index (χ4v) is 2.93. The average Bonchev–Trinajstić information content (AvgIpc) is 2.39. The number of hydrogen-bond donors (Lipinski definition) is 0. The van der Waals surface area contributed by atoms with Crippen molar-refractivity contribution in [1.29, 1.82) is 0 Å². The first-order valence-electron chi connectivity index (χ1n) is 6.67. The summed E-state index contributed by atoms with van der Waals surface area (Å²) in [5, 5.41) is 0. The first-order chi connectivity index (χ1) is 7.81. The van der Waals surface area contributed by atoms with Gasteiger partial charge < -0.3 is 9.64 Å². The number of morpholine rings is 1. The third kappa shape index (κ3) is 2.76. The topological polar surface area (TPSA) is 29.5 Å². The summed E-state index contributed by atoms with van der Waals surface area (Å²) in [7, 11) is 0. The van der Waals surface area contributed by atoms with Crippen molar-refractivity contribution in [3.63, 3.8) is 0 Å². The Morgan fingerprint density at radius 2 is 2.06 bits per heavy atom. The Hall–Kier alpha value is -0.570. The van der Waals surface area contributed by atoms with Gasteiger partial charge in [0.25, 0.3) is 0 Å². The number of nitrogens with zero attached hydrogens (tertiary/aromatic N) is 1. The third-order valence-corrected chi connectivity index (χ3v) is 4.03. The van der Waals surface area contributed by atoms with Crippen molar-refractivity contribution in [2.45, 2.75) is 39.0 Å². The van der Waals surface area contributed by atoms with E-state index in [1.54, 1.807) is 0 Å². The summed E-state index contributed by atoms with van der Waals surface area (Å²) in [5.74, 6) is 1.47. The molecule has 0 bridgehead atoms. The summed E-state index contributed by atoms with van der Waals surface area (Å²) in [6.07, 6.45) is 6.01. The van der Waals surface area contributed by atoms with Gasteiger partial charge in [0.15, 0.2) is 0 Å². The molecule has 0 aromatic rings. The minimum Gasteiger partial charge on any atom is -0.378 e. The van der Waals surface area contributed by atoms with Gasteiger partial charge in [-0.15, -0.1) is 0 Å². The van der Waals surface area contributed by atoms with Gasteiger partial charge in [-0.05, 0) is 18.8 Å². The molecule has 3 heteroatoms. The molecule has 0 aromatic carbocycles. The molecule has 92 valence electrons. The molecule has 3 nitrogen and oxygen atoms in total. The second kappa shape index (κ2) is 5.67. The molecule has 1 saturated heterocycles. The molecule has 0 N–H and O–H groups in total. The molecule has 2 unspecified atom stereocenters. The van der Waals surface area contributed by atoms with E-state index in [2.05, 4.69) is 6.92 Å². The maximum absolute atomic E-state index is 12.3. The zero-order valence-corrected chi connectivity index (χ0v) is 10.3. The van der Waals surface area contributed by atoms with Crippen LogP contribution in [-0.4, -0.2) is 37.1 Å². The predicted octanol–water partition coefficient (Wildman–Crippen LogP) is 2.06. The summed E-state index contributed by atoms with van der Waals surface area (Å²) in [6, 6.07) is 0. The van der Waals surface area contributed by atoms with E-state index in [1.165, 1.54) is 19.3 Å². The van der Waals surface area contributed by atoms with Crippen LogP contribution in [0.1, 0.15) is 39.0 Å². The van der Waals surface area contributed by atoms with Crippen LogP contribution < -0.4 is 0 Å². The van der Waals surface area contributed by atoms with Crippen molar-refractivity contribution in [2.24, 2.45) is 11.8 Å². The molecule has 0 radical (unpaired) electrons. The Bertz CT molecular complexity index is 236. The standard InChI is InChI=1S/C13H23NO2/c1-2-11-4-3-5-12(10-11)13(15)14-6-8-16-9-7-14/h11-12H,2-10H2,1H3. The Balaban J connectivity index is 1.87. The highest BCUT2D eigenvalue weighted by atomic mass is 16.5. The lowest BCUT2D eigenvalue weighted by Gasteiger charge is -2.34. The number of carbonyl (C=O) groups is 1. The van der Waals surface area contributed by atoms with Crippen molar-refractivity contribution in [3.05, 3.63) is 0 Å². The Morgan fingerprint density at radius 1 is 1.31 bits per heavy atom. The van der Waals surface area contributed by atoms with Gasteiger partial charge in [0.1, 0.15) is 0 Å². The molecular weight excluding hydrogens is 202 g/mol. The molecular formula is C13H23NO2. The minimum atomic E-state index is 0.303. The highest BCUT2D eigenvalue weighted by molar-refractivity contribution is 5.79. The summed E-state index contributed by atoms with van der Waals surface area (Å²) < 4.78 is 5.29. The van der Waals surface area contributed by atoms with Gasteiger partial charge in [-0.3, -0.25) is 4.79 Å². The van der Waals surface area contributed by atoms with E-state index in [-0.39, 0.29) is 0 Å². The van der Waals surface area contributed by atoms with Crippen LogP contribution >= 0.6 is 0 Å². The van der Waals surface area contributed by atoms with Crippen LogP contribution in [0.3, 0.4) is 0 Å². The number of hydrogen-bond acceptors (Lipinski definition) is 2. The summed E-state index contributed by atoms with van der Waals surface area (Å²) in [4.78, 5) is 14.3. The van der Waals surface area contributed by atoms with Gasteiger partial charge in [-0.1, -0.05) is 26.2 Å². The van der Waals surface area contributed by atoms with E-state index in [0.717, 1.165) is 45.1 Å². The molecule has 2 atom stereocenters. The van der Waals surface area contributed by atoms with Gasteiger partial charge in [0, 0.05) is 19.0 Å². The van der Waals surface area contributed by atoms with Crippen LogP contribution in [0.2, 0.25) is 0 Å². The van der Waals surface area contributed by atoms with Crippen LogP contribution in [0.25, 0.3) is 0 Å². The number of rotatable bonds is 2. The van der Waals surface area contributed by atoms with E-state index in [1.807, 2.05) is 4.90 Å². The van der Waals surface area contributed by atoms with Crippen LogP contribution in [0.15, 0.2) is 0 Å². The number of ether oxygens (including phenoxy) is 1. The van der Waals surface area contributed by atoms with E-state index in [9.17, 15) is 4.79 Å². The van der Waals surface area contributed by atoms with Crippen LogP contribution in [0, 0.1) is 11.8 Å². The van der Waals surface area contributed by atoms with Crippen LogP contribution in [-0.2, 0) is 9.53 Å². The zero-order chi connectivity index (χ0) is 11.4. The van der Waals surface area contributed by atoms with Crippen molar-refractivity contribution >= 4 is 5.91 Å². The van der Waals surface area contributed by atoms with Gasteiger partial charge in [-0.2, -0.15) is 0 Å². The van der Waals surface area contributed by atoms with E-state index in [4.69, 9.17) is 4.74 Å². The van der Waals surface area contributed by atoms with Gasteiger partial charge in [-0.25, -0.2) is 0 Å². The summed E-state index contributed by atoms with van der Waals surface area (Å²) >= 11 is 0. The monoisotopic (exact) mass is 225 g/mol. The molecule has 0 spiro atoms. The Kier molecular flexibility index (Phi) is 4.22. The molecule has 1 heterocycles. The second-order valence-electron chi connectivity index (χ2n) is 5.08. The minimum absolute atomic E-state index is 0.303. The second-order valence-corrected chi connectivity index (χ2v) is 5.08. The maximum Gasteiger partial charge on any atom is 0.225 e. The molecule has 1 aliphatic carbocycles. The number of carbonyl (C=O) groups excluding carboxylic acids is 1. The lowest BCUT2D eigenvalue weighted by atomic mass is 9.79. The quantitative estimate of drug-likeness (QED) is 0.720. The van der Waals surface area contributed by atoms with E-state index < -0.39 is 0 Å². The van der Waals surface area contributed by atoms with Crippen molar-refractivity contribution in [2.75, 3.05) is 26.3 Å². The average molecular weight is 225 g/mol. The molecule has 2 aliphatic rings. The van der Waals surface area contributed by atoms with E-state index in [0.29, 0.717) is 11.8 Å². The van der Waals surface area contributed by atoms with Crippen LogP contribution in [0.5, 0.6) is 0 Å². The van der Waals surface area contributed by atoms with Gasteiger partial charge >= 0.3 is 0 Å². The van der Waals surface area contributed by atoms with Gasteiger partial charge in [0.05, 0.1) is 13.2 Å². The fraction of sp³-hybridized carbons (Fsp3) is 0.923. The third-order valence-electron chi connectivity index (χ3n) is 4.03. The normalized spacial score (nSPS) is 31.4. The van der Waals surface area contributed by atoms with Crippen LogP contribution in [0.4, 0.5) is 0 Å². The molecule has 1 aliphatic heterocycles. The molecule has 2 fully saturated rings. The first-order valence-corrected chi connectivity index (χ1v) is 6.67. The molecule has 16 heavy (non-hydrogen) atoms. The lowest BCUT2D eigenvalue weighted by Crippen LogP contribution is -2.44. The molecule has 1 saturated carbocycles. The predicted molar refractivity (Wildman–Crippen MR) is 63.1 cm³/mol. The molecule has 1 amide bonds. The van der Waals surface area contributed by atoms with Crippen molar-refractivity contribution in [3.8, 4) is 0 Å². The van der Waals surface area contributed by atoms with Crippen molar-refractivity contribution in [1.82, 2.24) is 4.90 Å². The highest BCUT2D eigenvalue weighted by Gasteiger charge is 2.30. The SMILES string of the molecule is CCC1CCCC(C(=O)N2CCOCC2)C1. The zero-order valence-electron chi connectivity index (χ0n) is 10.3. The Morgan fingerprint density at radius 3 is 2.75 bits per heavy atom. The smallest absolute Gasteiger partial charge is 0.225 e. The highest BCUT2D eigenvalue weighted by Crippen LogP contribution is 2.32. The largest absolute Gasteiger partial charge is 0.378 e. The fourth-order valence-electron chi connectivity index (χ4n) is 2.93. The number of amides is 1. The summed E-state index contributed by atoms with van der Waals surface area (Å²) in [6.45, 7) is 5.27. The summed E-state index contributed by atoms with van der Waals surface area (Å²) in [5.41, 5.74) is 0. The first kappa shape index (κ1) is 11.9. The van der Waals surface area contributed by atoms with Gasteiger partial charge in [0.2, 0.25) is 5.91 Å². The maximum atomic E-state index is 12.3. The van der Waals surface area contributed by atoms with Crippen molar-refractivity contribution < 1.29 is 9.53 Å². The molecule has 0 aromatic heterocycles. The Labute approximate surface area is 98.1 Å².